The number of hydrogen-bond donors (Lipinski definition) is 1. The van der Waals surface area contributed by atoms with Crippen molar-refractivity contribution in [3.8, 4) is 0 Å². The maximum absolute atomic E-state index is 4.40. The minimum Gasteiger partial charge on any atom is -0.179 e. The van der Waals surface area contributed by atoms with E-state index in [2.05, 4.69) is 38.2 Å². The van der Waals surface area contributed by atoms with E-state index in [1.807, 2.05) is 0 Å². The Balaban J connectivity index is 2.16. The fourth-order valence-electron chi connectivity index (χ4n) is 2.10. The molecule has 0 radical (unpaired) electrons. The minimum absolute atomic E-state index is 0.834. The van der Waals surface area contributed by atoms with E-state index in [4.69, 9.17) is 0 Å². The van der Waals surface area contributed by atoms with Crippen molar-refractivity contribution < 1.29 is 0 Å². The van der Waals surface area contributed by atoms with E-state index in [1.165, 1.54) is 37.9 Å². The van der Waals surface area contributed by atoms with Crippen LogP contribution in [0.5, 0.6) is 0 Å². The molecule has 0 aromatic carbocycles. The standard InChI is InChI=1S/C12H24S2/c1-3-11(8-13)9-14-12-6-4-5-10(2)7-12/h10-13H,3-9H2,1-2H3. The highest BCUT2D eigenvalue weighted by Crippen LogP contribution is 2.33. The summed E-state index contributed by atoms with van der Waals surface area (Å²) < 4.78 is 0. The highest BCUT2D eigenvalue weighted by Gasteiger charge is 2.19. The van der Waals surface area contributed by atoms with Gasteiger partial charge in [-0.3, -0.25) is 0 Å². The van der Waals surface area contributed by atoms with Gasteiger partial charge in [0.25, 0.3) is 0 Å². The topological polar surface area (TPSA) is 0 Å². The number of rotatable bonds is 5. The summed E-state index contributed by atoms with van der Waals surface area (Å²) >= 11 is 6.61. The van der Waals surface area contributed by atoms with Crippen LogP contribution in [0.15, 0.2) is 0 Å². The van der Waals surface area contributed by atoms with Crippen molar-refractivity contribution in [3.63, 3.8) is 0 Å². The van der Waals surface area contributed by atoms with Crippen LogP contribution >= 0.6 is 24.4 Å². The number of thiol groups is 1. The molecule has 1 rings (SSSR count). The van der Waals surface area contributed by atoms with Crippen LogP contribution in [0.1, 0.15) is 46.0 Å². The van der Waals surface area contributed by atoms with Gasteiger partial charge in [-0.15, -0.1) is 0 Å². The lowest BCUT2D eigenvalue weighted by atomic mass is 9.91. The Morgan fingerprint density at radius 1 is 1.43 bits per heavy atom. The van der Waals surface area contributed by atoms with Crippen molar-refractivity contribution in [2.75, 3.05) is 11.5 Å². The molecule has 0 spiro atoms. The van der Waals surface area contributed by atoms with Gasteiger partial charge in [-0.25, -0.2) is 0 Å². The summed E-state index contributed by atoms with van der Waals surface area (Å²) in [5.74, 6) is 4.20. The van der Waals surface area contributed by atoms with Gasteiger partial charge in [-0.05, 0) is 36.2 Å². The van der Waals surface area contributed by atoms with E-state index in [0.717, 1.165) is 22.8 Å². The molecule has 3 atom stereocenters. The van der Waals surface area contributed by atoms with Crippen LogP contribution in [0.3, 0.4) is 0 Å². The third-order valence-corrected chi connectivity index (χ3v) is 5.37. The Hall–Kier alpha value is 0.700. The summed E-state index contributed by atoms with van der Waals surface area (Å²) in [5.41, 5.74) is 0. The van der Waals surface area contributed by atoms with E-state index < -0.39 is 0 Å². The fraction of sp³-hybridized carbons (Fsp3) is 1.00. The van der Waals surface area contributed by atoms with E-state index in [0.29, 0.717) is 0 Å². The van der Waals surface area contributed by atoms with Gasteiger partial charge in [0, 0.05) is 5.25 Å². The molecule has 14 heavy (non-hydrogen) atoms. The quantitative estimate of drug-likeness (QED) is 0.691. The highest BCUT2D eigenvalue weighted by atomic mass is 32.2. The van der Waals surface area contributed by atoms with Gasteiger partial charge in [-0.1, -0.05) is 33.1 Å². The van der Waals surface area contributed by atoms with Crippen LogP contribution in [0, 0.1) is 11.8 Å². The molecule has 2 heteroatoms. The van der Waals surface area contributed by atoms with Gasteiger partial charge in [-0.2, -0.15) is 24.4 Å². The van der Waals surface area contributed by atoms with Crippen molar-refractivity contribution in [1.82, 2.24) is 0 Å². The average Bonchev–Trinajstić information content (AvgIpc) is 2.19. The zero-order valence-corrected chi connectivity index (χ0v) is 11.2. The Kier molecular flexibility index (Phi) is 6.43. The van der Waals surface area contributed by atoms with Gasteiger partial charge in [0.05, 0.1) is 0 Å². The first-order valence-electron chi connectivity index (χ1n) is 5.98. The summed E-state index contributed by atoms with van der Waals surface area (Å²) in [4.78, 5) is 0. The second-order valence-corrected chi connectivity index (χ2v) is 6.38. The lowest BCUT2D eigenvalue weighted by Crippen LogP contribution is -2.17. The molecule has 0 N–H and O–H groups in total. The first-order chi connectivity index (χ1) is 6.76. The fourth-order valence-corrected chi connectivity index (χ4v) is 4.36. The first-order valence-corrected chi connectivity index (χ1v) is 7.66. The summed E-state index contributed by atoms with van der Waals surface area (Å²) in [5, 5.41) is 0.952. The molecule has 1 fully saturated rings. The number of hydrogen-bond acceptors (Lipinski definition) is 2. The molecule has 84 valence electrons. The molecule has 1 saturated carbocycles. The largest absolute Gasteiger partial charge is 0.179 e. The van der Waals surface area contributed by atoms with E-state index in [9.17, 15) is 0 Å². The van der Waals surface area contributed by atoms with Crippen LogP contribution in [-0.4, -0.2) is 16.8 Å². The second-order valence-electron chi connectivity index (χ2n) is 4.68. The van der Waals surface area contributed by atoms with E-state index in [-0.39, 0.29) is 0 Å². The minimum atomic E-state index is 0.834. The van der Waals surface area contributed by atoms with Gasteiger partial charge in [0.15, 0.2) is 0 Å². The summed E-state index contributed by atoms with van der Waals surface area (Å²) in [6, 6.07) is 0. The first kappa shape index (κ1) is 12.8. The summed E-state index contributed by atoms with van der Waals surface area (Å²) in [7, 11) is 0. The lowest BCUT2D eigenvalue weighted by molar-refractivity contribution is 0.394. The molecule has 0 nitrogen and oxygen atoms in total. The van der Waals surface area contributed by atoms with Crippen molar-refractivity contribution in [2.24, 2.45) is 11.8 Å². The average molecular weight is 232 g/mol. The summed E-state index contributed by atoms with van der Waals surface area (Å²) in [6.45, 7) is 4.69. The molecular formula is C12H24S2. The normalized spacial score (nSPS) is 30.2. The van der Waals surface area contributed by atoms with E-state index >= 15 is 0 Å². The molecule has 0 heterocycles. The maximum atomic E-state index is 4.40. The van der Waals surface area contributed by atoms with Crippen molar-refractivity contribution in [3.05, 3.63) is 0 Å². The second kappa shape index (κ2) is 7.05. The third-order valence-electron chi connectivity index (χ3n) is 3.29. The molecule has 0 bridgehead atoms. The molecule has 3 unspecified atom stereocenters. The molecule has 0 aromatic rings. The maximum Gasteiger partial charge on any atom is 0.00496 e. The van der Waals surface area contributed by atoms with Gasteiger partial charge in [0.2, 0.25) is 0 Å². The third kappa shape index (κ3) is 4.48. The van der Waals surface area contributed by atoms with Crippen LogP contribution < -0.4 is 0 Å². The lowest BCUT2D eigenvalue weighted by Gasteiger charge is -2.27. The van der Waals surface area contributed by atoms with Crippen LogP contribution in [0.4, 0.5) is 0 Å². The monoisotopic (exact) mass is 232 g/mol. The Morgan fingerprint density at radius 2 is 2.21 bits per heavy atom. The molecule has 0 aromatic heterocycles. The Morgan fingerprint density at radius 3 is 2.79 bits per heavy atom. The van der Waals surface area contributed by atoms with E-state index in [1.54, 1.807) is 0 Å². The summed E-state index contributed by atoms with van der Waals surface area (Å²) in [6.07, 6.45) is 7.11. The zero-order valence-electron chi connectivity index (χ0n) is 9.54. The van der Waals surface area contributed by atoms with Crippen LogP contribution in [0.25, 0.3) is 0 Å². The van der Waals surface area contributed by atoms with Crippen LogP contribution in [0.2, 0.25) is 0 Å². The zero-order chi connectivity index (χ0) is 10.4. The smallest absolute Gasteiger partial charge is 0.00496 e. The molecule has 1 aliphatic rings. The van der Waals surface area contributed by atoms with Gasteiger partial charge < -0.3 is 0 Å². The highest BCUT2D eigenvalue weighted by molar-refractivity contribution is 7.99. The predicted octanol–water partition coefficient (Wildman–Crippen LogP) is 4.25. The Bertz CT molecular complexity index is 143. The number of thioether (sulfide) groups is 1. The molecule has 0 saturated heterocycles. The predicted molar refractivity (Wildman–Crippen MR) is 71.5 cm³/mol. The molecule has 1 aliphatic carbocycles. The van der Waals surface area contributed by atoms with Crippen LogP contribution in [-0.2, 0) is 0 Å². The van der Waals surface area contributed by atoms with Gasteiger partial charge in [0.1, 0.15) is 0 Å². The van der Waals surface area contributed by atoms with Gasteiger partial charge >= 0.3 is 0 Å². The SMILES string of the molecule is CCC(CS)CSC1CCCC(C)C1. The van der Waals surface area contributed by atoms with Crippen molar-refractivity contribution in [1.29, 1.82) is 0 Å². The molecule has 0 aliphatic heterocycles. The van der Waals surface area contributed by atoms with Crippen molar-refractivity contribution in [2.45, 2.75) is 51.2 Å². The van der Waals surface area contributed by atoms with Crippen molar-refractivity contribution >= 4 is 24.4 Å². The molecule has 0 amide bonds. The molecular weight excluding hydrogens is 208 g/mol. The Labute approximate surface area is 99.0 Å².